The van der Waals surface area contributed by atoms with Crippen molar-refractivity contribution in [3.8, 4) is 11.8 Å². The third-order valence-electron chi connectivity index (χ3n) is 5.94. The van der Waals surface area contributed by atoms with Gasteiger partial charge in [0, 0.05) is 29.6 Å². The Morgan fingerprint density at radius 1 is 1.20 bits per heavy atom. The average molecular weight is 520 g/mol. The zero-order valence-electron chi connectivity index (χ0n) is 19.2. The fourth-order valence-corrected chi connectivity index (χ4v) is 4.83. The summed E-state index contributed by atoms with van der Waals surface area (Å²) < 4.78 is 37.8. The van der Waals surface area contributed by atoms with E-state index < -0.39 is 21.9 Å². The van der Waals surface area contributed by atoms with E-state index in [1.54, 1.807) is 24.3 Å². The Labute approximate surface area is 209 Å². The molecule has 3 rings (SSSR count). The maximum absolute atomic E-state index is 13.2. The molecule has 0 aromatic heterocycles. The number of piperidine rings is 1. The molecule has 2 aromatic rings. The molecule has 1 aliphatic heterocycles. The van der Waals surface area contributed by atoms with Gasteiger partial charge in [-0.05, 0) is 68.4 Å². The molecule has 0 saturated carbocycles. The molecule has 1 amide bonds. The number of Topliss-reactive ketones (excluding diaryl/α,β-unsaturated/α-hetero) is 1. The molecule has 1 aliphatic rings. The number of ether oxygens (including phenoxy) is 1. The molecule has 35 heavy (non-hydrogen) atoms. The lowest BCUT2D eigenvalue weighted by molar-refractivity contribution is 0.0734. The number of hydrogen-bond acceptors (Lipinski definition) is 7. The van der Waals surface area contributed by atoms with Gasteiger partial charge < -0.3 is 14.5 Å². The highest BCUT2D eigenvalue weighted by Crippen LogP contribution is 2.24. The molecular weight excluding hydrogens is 494 g/mol. The number of methoxy groups -OCH3 is 1. The van der Waals surface area contributed by atoms with Gasteiger partial charge in [0.15, 0.2) is 5.78 Å². The molecule has 2 aromatic carbocycles. The van der Waals surface area contributed by atoms with Crippen LogP contribution in [-0.2, 0) is 10.1 Å². The maximum Gasteiger partial charge on any atom is 0.283 e. The van der Waals surface area contributed by atoms with Crippen LogP contribution < -0.4 is 4.74 Å². The quantitative estimate of drug-likeness (QED) is 0.395. The summed E-state index contributed by atoms with van der Waals surface area (Å²) in [6, 6.07) is 13.0. The number of rotatable bonds is 9. The molecule has 0 atom stereocenters. The number of hydrogen-bond donors (Lipinski definition) is 1. The van der Waals surface area contributed by atoms with E-state index in [2.05, 4.69) is 0 Å². The Bertz CT molecular complexity index is 1220. The summed E-state index contributed by atoms with van der Waals surface area (Å²) in [5.74, 6) is -1.44. The second-order valence-electron chi connectivity index (χ2n) is 8.29. The first kappa shape index (κ1) is 26.6. The fraction of sp³-hybridized carbons (Fsp3) is 0.375. The summed E-state index contributed by atoms with van der Waals surface area (Å²) in [5.41, 5.74) is 0.863. The van der Waals surface area contributed by atoms with E-state index in [0.29, 0.717) is 43.1 Å². The first-order chi connectivity index (χ1) is 16.6. The van der Waals surface area contributed by atoms with Crippen LogP contribution in [0.25, 0.3) is 0 Å². The smallest absolute Gasteiger partial charge is 0.283 e. The van der Waals surface area contributed by atoms with Gasteiger partial charge >= 0.3 is 0 Å². The molecular formula is C24H26ClN3O6S. The molecule has 1 N–H and O–H groups in total. The second-order valence-corrected chi connectivity index (χ2v) is 10.2. The fourth-order valence-electron chi connectivity index (χ4n) is 4.07. The zero-order valence-corrected chi connectivity index (χ0v) is 20.8. The van der Waals surface area contributed by atoms with Gasteiger partial charge in [0.05, 0.1) is 24.3 Å². The molecule has 1 heterocycles. The maximum atomic E-state index is 13.2. The minimum Gasteiger partial charge on any atom is -0.496 e. The van der Waals surface area contributed by atoms with E-state index in [0.717, 1.165) is 4.90 Å². The lowest BCUT2D eigenvalue weighted by Gasteiger charge is -2.33. The largest absolute Gasteiger partial charge is 0.496 e. The minimum absolute atomic E-state index is 0.0222. The van der Waals surface area contributed by atoms with Crippen molar-refractivity contribution in [1.82, 2.24) is 9.80 Å². The van der Waals surface area contributed by atoms with Crippen LogP contribution >= 0.6 is 11.6 Å². The van der Waals surface area contributed by atoms with Crippen LogP contribution in [0.5, 0.6) is 5.75 Å². The van der Waals surface area contributed by atoms with Crippen molar-refractivity contribution < 1.29 is 27.3 Å². The number of carbonyl (C=O) groups excluding carboxylic acids is 2. The van der Waals surface area contributed by atoms with Crippen molar-refractivity contribution in [2.75, 3.05) is 39.2 Å². The lowest BCUT2D eigenvalue weighted by atomic mass is 9.89. The normalized spacial score (nSPS) is 14.8. The average Bonchev–Trinajstić information content (AvgIpc) is 2.85. The van der Waals surface area contributed by atoms with Gasteiger partial charge in [-0.15, -0.1) is 0 Å². The van der Waals surface area contributed by atoms with Crippen LogP contribution in [0.15, 0.2) is 42.5 Å². The van der Waals surface area contributed by atoms with E-state index in [1.807, 2.05) is 11.0 Å². The van der Waals surface area contributed by atoms with E-state index in [9.17, 15) is 22.6 Å². The number of ketones is 1. The molecule has 0 aliphatic carbocycles. The van der Waals surface area contributed by atoms with Gasteiger partial charge in [0.25, 0.3) is 16.0 Å². The highest BCUT2D eigenvalue weighted by atomic mass is 35.5. The summed E-state index contributed by atoms with van der Waals surface area (Å²) in [6.07, 6.45) is 1.26. The van der Waals surface area contributed by atoms with Gasteiger partial charge in [0.1, 0.15) is 11.6 Å². The van der Waals surface area contributed by atoms with E-state index in [1.165, 1.54) is 25.3 Å². The first-order valence-electron chi connectivity index (χ1n) is 11.0. The Balaban J connectivity index is 1.65. The Morgan fingerprint density at radius 3 is 2.43 bits per heavy atom. The van der Waals surface area contributed by atoms with Gasteiger partial charge in [-0.3, -0.25) is 14.1 Å². The number of nitrogens with zero attached hydrogens (tertiary/aromatic N) is 3. The number of carbonyl (C=O) groups is 2. The number of nitriles is 1. The number of benzene rings is 2. The van der Waals surface area contributed by atoms with Crippen LogP contribution in [-0.4, -0.2) is 73.6 Å². The topological polar surface area (TPSA) is 128 Å². The van der Waals surface area contributed by atoms with Gasteiger partial charge in [-0.1, -0.05) is 11.6 Å². The molecule has 0 unspecified atom stereocenters. The molecule has 1 saturated heterocycles. The summed E-state index contributed by atoms with van der Waals surface area (Å²) in [4.78, 5) is 29.0. The monoisotopic (exact) mass is 519 g/mol. The van der Waals surface area contributed by atoms with Crippen molar-refractivity contribution >= 4 is 33.4 Å². The van der Waals surface area contributed by atoms with Crippen molar-refractivity contribution in [1.29, 1.82) is 5.26 Å². The standard InChI is InChI=1S/C24H26ClN3O6S/c1-34-22-7-2-17(15-26)14-21(22)24(30)28(16-35(31,32)33)13-12-27-10-8-19(9-11-27)23(29)18-3-5-20(25)6-4-18/h2-7,14,19H,8-13,16H2,1H3,(H,31,32,33). The van der Waals surface area contributed by atoms with Crippen LogP contribution in [0.4, 0.5) is 0 Å². The third kappa shape index (κ3) is 7.26. The van der Waals surface area contributed by atoms with Crippen molar-refractivity contribution in [2.45, 2.75) is 12.8 Å². The summed E-state index contributed by atoms with van der Waals surface area (Å²) in [5, 5.41) is 9.73. The zero-order chi connectivity index (χ0) is 25.6. The van der Waals surface area contributed by atoms with Gasteiger partial charge in [-0.2, -0.15) is 13.7 Å². The molecule has 0 radical (unpaired) electrons. The first-order valence-corrected chi connectivity index (χ1v) is 12.9. The molecule has 9 nitrogen and oxygen atoms in total. The molecule has 0 bridgehead atoms. The second kappa shape index (κ2) is 11.6. The van der Waals surface area contributed by atoms with E-state index >= 15 is 0 Å². The van der Waals surface area contributed by atoms with Gasteiger partial charge in [0.2, 0.25) is 0 Å². The third-order valence-corrected chi connectivity index (χ3v) is 6.83. The Kier molecular flexibility index (Phi) is 8.86. The highest BCUT2D eigenvalue weighted by molar-refractivity contribution is 7.85. The summed E-state index contributed by atoms with van der Waals surface area (Å²) in [7, 11) is -3.13. The van der Waals surface area contributed by atoms with Crippen LogP contribution in [0.1, 0.15) is 39.1 Å². The van der Waals surface area contributed by atoms with Crippen LogP contribution in [0.2, 0.25) is 5.02 Å². The molecule has 1 fully saturated rings. The SMILES string of the molecule is COc1ccc(C#N)cc1C(=O)N(CCN1CCC(C(=O)c2ccc(Cl)cc2)CC1)CS(=O)(=O)O. The summed E-state index contributed by atoms with van der Waals surface area (Å²) >= 11 is 5.89. The molecule has 11 heteroatoms. The van der Waals surface area contributed by atoms with Crippen molar-refractivity contribution in [3.05, 3.63) is 64.2 Å². The highest BCUT2D eigenvalue weighted by Gasteiger charge is 2.28. The Hall–Kier alpha value is -2.97. The van der Waals surface area contributed by atoms with E-state index in [4.69, 9.17) is 21.6 Å². The van der Waals surface area contributed by atoms with Crippen LogP contribution in [0.3, 0.4) is 0 Å². The lowest BCUT2D eigenvalue weighted by Crippen LogP contribution is -2.44. The molecule has 186 valence electrons. The predicted molar refractivity (Wildman–Crippen MR) is 130 cm³/mol. The summed E-state index contributed by atoms with van der Waals surface area (Å²) in [6.45, 7) is 1.58. The van der Waals surface area contributed by atoms with Crippen LogP contribution in [0, 0.1) is 17.2 Å². The van der Waals surface area contributed by atoms with Crippen molar-refractivity contribution in [3.63, 3.8) is 0 Å². The van der Waals surface area contributed by atoms with Gasteiger partial charge in [-0.25, -0.2) is 0 Å². The van der Waals surface area contributed by atoms with E-state index in [-0.39, 0.29) is 35.1 Å². The minimum atomic E-state index is -4.49. The number of amides is 1. The van der Waals surface area contributed by atoms with Crippen molar-refractivity contribution in [2.24, 2.45) is 5.92 Å². The number of likely N-dealkylation sites (tertiary alicyclic amines) is 1. The predicted octanol–water partition coefficient (Wildman–Crippen LogP) is 3.10. The molecule has 0 spiro atoms. The number of halogens is 1. The Morgan fingerprint density at radius 2 is 1.86 bits per heavy atom.